The van der Waals surface area contributed by atoms with Gasteiger partial charge in [0.25, 0.3) is 5.91 Å². The van der Waals surface area contributed by atoms with Crippen LogP contribution in [-0.2, 0) is 0 Å². The quantitative estimate of drug-likeness (QED) is 0.237. The number of carbonyl (C=O) groups is 2. The van der Waals surface area contributed by atoms with Crippen molar-refractivity contribution in [2.45, 2.75) is 0 Å². The molecule has 0 radical (unpaired) electrons. The molecule has 1 aromatic heterocycles. The SMILES string of the molecule is COc1ccc(C(=O)Oc2ccc(Br)cc2C=NNC(=O)c2cnccn2)cc1OC. The average Bonchev–Trinajstić information content (AvgIpc) is 2.80. The Morgan fingerprint density at radius 1 is 1.03 bits per heavy atom. The van der Waals surface area contributed by atoms with Crippen molar-refractivity contribution in [3.05, 3.63) is 76.3 Å². The Morgan fingerprint density at radius 2 is 1.81 bits per heavy atom. The third kappa shape index (κ3) is 5.64. The molecule has 1 N–H and O–H groups in total. The minimum Gasteiger partial charge on any atom is -0.493 e. The van der Waals surface area contributed by atoms with Gasteiger partial charge in [-0.25, -0.2) is 15.2 Å². The summed E-state index contributed by atoms with van der Waals surface area (Å²) in [6.07, 6.45) is 5.54. The monoisotopic (exact) mass is 484 g/mol. The highest BCUT2D eigenvalue weighted by Gasteiger charge is 2.15. The van der Waals surface area contributed by atoms with Crippen molar-refractivity contribution in [1.29, 1.82) is 0 Å². The summed E-state index contributed by atoms with van der Waals surface area (Å²) in [6.45, 7) is 0. The number of esters is 1. The largest absolute Gasteiger partial charge is 0.493 e. The Morgan fingerprint density at radius 3 is 2.52 bits per heavy atom. The third-order valence-electron chi connectivity index (χ3n) is 3.96. The molecule has 0 aliphatic heterocycles. The summed E-state index contributed by atoms with van der Waals surface area (Å²) in [5, 5.41) is 3.91. The standard InChI is InChI=1S/C21H17BrN4O5/c1-29-18-5-3-13(10-19(18)30-2)21(28)31-17-6-4-15(22)9-14(17)11-25-26-20(27)16-12-23-7-8-24-16/h3-12H,1-2H3,(H,26,27). The van der Waals surface area contributed by atoms with Gasteiger partial charge < -0.3 is 14.2 Å². The zero-order valence-electron chi connectivity index (χ0n) is 16.5. The van der Waals surface area contributed by atoms with Crippen molar-refractivity contribution in [3.63, 3.8) is 0 Å². The Bertz CT molecular complexity index is 1120. The molecular formula is C21H17BrN4O5. The fourth-order valence-electron chi connectivity index (χ4n) is 2.47. The van der Waals surface area contributed by atoms with E-state index < -0.39 is 11.9 Å². The lowest BCUT2D eigenvalue weighted by molar-refractivity contribution is 0.0733. The van der Waals surface area contributed by atoms with Crippen molar-refractivity contribution >= 4 is 34.0 Å². The van der Waals surface area contributed by atoms with Gasteiger partial charge in [0, 0.05) is 22.4 Å². The highest BCUT2D eigenvalue weighted by Crippen LogP contribution is 2.29. The number of amides is 1. The summed E-state index contributed by atoms with van der Waals surface area (Å²) in [5.41, 5.74) is 3.21. The Kier molecular flexibility index (Phi) is 7.28. The molecule has 0 unspecified atom stereocenters. The van der Waals surface area contributed by atoms with Crippen LogP contribution >= 0.6 is 15.9 Å². The number of benzene rings is 2. The predicted molar refractivity (Wildman–Crippen MR) is 116 cm³/mol. The number of nitrogens with zero attached hydrogens (tertiary/aromatic N) is 3. The summed E-state index contributed by atoms with van der Waals surface area (Å²) in [4.78, 5) is 32.4. The van der Waals surface area contributed by atoms with Crippen LogP contribution in [0.15, 0.2) is 64.6 Å². The molecule has 3 aromatic rings. The number of methoxy groups -OCH3 is 2. The number of carbonyl (C=O) groups excluding carboxylic acids is 2. The van der Waals surface area contributed by atoms with Crippen LogP contribution in [0.3, 0.4) is 0 Å². The molecule has 2 aromatic carbocycles. The second-order valence-corrected chi connectivity index (χ2v) is 6.85. The normalized spacial score (nSPS) is 10.5. The van der Waals surface area contributed by atoms with E-state index in [0.717, 1.165) is 4.47 Å². The van der Waals surface area contributed by atoms with Crippen LogP contribution in [0.25, 0.3) is 0 Å². The van der Waals surface area contributed by atoms with E-state index in [1.54, 1.807) is 30.3 Å². The first-order valence-electron chi connectivity index (χ1n) is 8.85. The lowest BCUT2D eigenvalue weighted by atomic mass is 10.2. The molecular weight excluding hydrogens is 468 g/mol. The van der Waals surface area contributed by atoms with Gasteiger partial charge in [0.1, 0.15) is 11.4 Å². The lowest BCUT2D eigenvalue weighted by Crippen LogP contribution is -2.19. The molecule has 9 nitrogen and oxygen atoms in total. The zero-order valence-corrected chi connectivity index (χ0v) is 18.1. The van der Waals surface area contributed by atoms with Gasteiger partial charge in [-0.3, -0.25) is 9.78 Å². The lowest BCUT2D eigenvalue weighted by Gasteiger charge is -2.11. The second-order valence-electron chi connectivity index (χ2n) is 5.93. The molecule has 0 atom stereocenters. The van der Waals surface area contributed by atoms with Crippen molar-refractivity contribution in [2.75, 3.05) is 14.2 Å². The number of aromatic nitrogens is 2. The third-order valence-corrected chi connectivity index (χ3v) is 4.45. The van der Waals surface area contributed by atoms with E-state index >= 15 is 0 Å². The summed E-state index contributed by atoms with van der Waals surface area (Å²) in [7, 11) is 2.98. The fourth-order valence-corrected chi connectivity index (χ4v) is 2.85. The maximum Gasteiger partial charge on any atom is 0.343 e. The number of hydrogen-bond acceptors (Lipinski definition) is 8. The summed E-state index contributed by atoms with van der Waals surface area (Å²) < 4.78 is 16.6. The summed E-state index contributed by atoms with van der Waals surface area (Å²) >= 11 is 3.36. The van der Waals surface area contributed by atoms with Crippen molar-refractivity contribution in [3.8, 4) is 17.2 Å². The minimum atomic E-state index is -0.596. The summed E-state index contributed by atoms with van der Waals surface area (Å²) in [5.74, 6) is 0.0286. The molecule has 0 spiro atoms. The molecule has 10 heteroatoms. The van der Waals surface area contributed by atoms with Gasteiger partial charge in [-0.05, 0) is 36.4 Å². The molecule has 31 heavy (non-hydrogen) atoms. The predicted octanol–water partition coefficient (Wildman–Crippen LogP) is 3.24. The highest BCUT2D eigenvalue weighted by atomic mass is 79.9. The fraction of sp³-hybridized carbons (Fsp3) is 0.0952. The smallest absolute Gasteiger partial charge is 0.343 e. The van der Waals surface area contributed by atoms with Gasteiger partial charge in [-0.2, -0.15) is 5.10 Å². The average molecular weight is 485 g/mol. The molecule has 0 bridgehead atoms. The Labute approximate surface area is 186 Å². The van der Waals surface area contributed by atoms with E-state index in [9.17, 15) is 9.59 Å². The van der Waals surface area contributed by atoms with Gasteiger partial charge in [-0.1, -0.05) is 15.9 Å². The van der Waals surface area contributed by atoms with Crippen molar-refractivity contribution in [2.24, 2.45) is 5.10 Å². The summed E-state index contributed by atoms with van der Waals surface area (Å²) in [6, 6.07) is 9.71. The van der Waals surface area contributed by atoms with E-state index in [0.29, 0.717) is 17.1 Å². The van der Waals surface area contributed by atoms with E-state index in [1.165, 1.54) is 45.1 Å². The van der Waals surface area contributed by atoms with Crippen LogP contribution in [0.5, 0.6) is 17.2 Å². The minimum absolute atomic E-state index is 0.119. The van der Waals surface area contributed by atoms with Crippen LogP contribution in [0.2, 0.25) is 0 Å². The van der Waals surface area contributed by atoms with Gasteiger partial charge in [0.2, 0.25) is 0 Å². The number of hydrazone groups is 1. The number of halogens is 1. The molecule has 0 fully saturated rings. The molecule has 0 saturated carbocycles. The first-order chi connectivity index (χ1) is 15.0. The molecule has 1 heterocycles. The highest BCUT2D eigenvalue weighted by molar-refractivity contribution is 9.10. The maximum atomic E-state index is 12.6. The van der Waals surface area contributed by atoms with Gasteiger partial charge in [0.05, 0.1) is 32.2 Å². The van der Waals surface area contributed by atoms with Gasteiger partial charge in [-0.15, -0.1) is 0 Å². The van der Waals surface area contributed by atoms with E-state index in [-0.39, 0.29) is 17.0 Å². The van der Waals surface area contributed by atoms with E-state index in [2.05, 4.69) is 36.4 Å². The topological polar surface area (TPSA) is 112 Å². The van der Waals surface area contributed by atoms with Crippen molar-refractivity contribution in [1.82, 2.24) is 15.4 Å². The van der Waals surface area contributed by atoms with E-state index in [1.807, 2.05) is 0 Å². The van der Waals surface area contributed by atoms with Crippen LogP contribution in [0, 0.1) is 0 Å². The Balaban J connectivity index is 1.77. The number of rotatable bonds is 7. The van der Waals surface area contributed by atoms with Crippen LogP contribution < -0.4 is 19.6 Å². The number of nitrogens with one attached hydrogen (secondary N) is 1. The van der Waals surface area contributed by atoms with Crippen LogP contribution in [-0.4, -0.2) is 42.3 Å². The maximum absolute atomic E-state index is 12.6. The van der Waals surface area contributed by atoms with E-state index in [4.69, 9.17) is 14.2 Å². The zero-order chi connectivity index (χ0) is 22.2. The number of hydrogen-bond donors (Lipinski definition) is 1. The molecule has 3 rings (SSSR count). The molecule has 0 aliphatic carbocycles. The first kappa shape index (κ1) is 21.9. The number of ether oxygens (including phenoxy) is 3. The van der Waals surface area contributed by atoms with Crippen LogP contribution in [0.1, 0.15) is 26.4 Å². The molecule has 0 aliphatic rings. The van der Waals surface area contributed by atoms with Crippen molar-refractivity contribution < 1.29 is 23.8 Å². The van der Waals surface area contributed by atoms with Gasteiger partial charge >= 0.3 is 5.97 Å². The first-order valence-corrected chi connectivity index (χ1v) is 9.64. The van der Waals surface area contributed by atoms with Gasteiger partial charge in [0.15, 0.2) is 11.5 Å². The Hall–Kier alpha value is -3.79. The molecule has 1 amide bonds. The molecule has 158 valence electrons. The molecule has 0 saturated heterocycles. The second kappa shape index (κ2) is 10.3. The van der Waals surface area contributed by atoms with Crippen LogP contribution in [0.4, 0.5) is 0 Å².